The summed E-state index contributed by atoms with van der Waals surface area (Å²) in [6, 6.07) is 10.1. The lowest BCUT2D eigenvalue weighted by molar-refractivity contribution is 0.523. The van der Waals surface area contributed by atoms with Gasteiger partial charge in [0.05, 0.1) is 21.8 Å². The van der Waals surface area contributed by atoms with Crippen LogP contribution in [0.2, 0.25) is 0 Å². The number of nitrogens with one attached hydrogen (secondary N) is 1. The monoisotopic (exact) mass is 526 g/mol. The fraction of sp³-hybridized carbons (Fsp3) is 0.391. The van der Waals surface area contributed by atoms with Gasteiger partial charge in [-0.3, -0.25) is 4.98 Å². The number of nitrogens with zero attached hydrogens (tertiary/aromatic N) is 5. The van der Waals surface area contributed by atoms with Gasteiger partial charge in [0.1, 0.15) is 10.4 Å². The summed E-state index contributed by atoms with van der Waals surface area (Å²) in [7, 11) is -3.23. The summed E-state index contributed by atoms with van der Waals surface area (Å²) in [5, 5.41) is 6.20. The van der Waals surface area contributed by atoms with E-state index in [4.69, 9.17) is 4.98 Å². The molecule has 2 saturated carbocycles. The zero-order valence-electron chi connectivity index (χ0n) is 17.9. The highest BCUT2D eigenvalue weighted by molar-refractivity contribution is 9.10. The maximum atomic E-state index is 12.6. The number of fused-ring (bicyclic) bond motifs is 2. The van der Waals surface area contributed by atoms with E-state index in [1.807, 2.05) is 35.0 Å². The van der Waals surface area contributed by atoms with Gasteiger partial charge in [-0.05, 0) is 78.2 Å². The molecule has 2 atom stereocenters. The highest BCUT2D eigenvalue weighted by Crippen LogP contribution is 2.34. The molecule has 6 rings (SSSR count). The zero-order chi connectivity index (χ0) is 22.6. The average molecular weight is 527 g/mol. The van der Waals surface area contributed by atoms with E-state index in [1.165, 1.54) is 0 Å². The van der Waals surface area contributed by atoms with Gasteiger partial charge in [-0.1, -0.05) is 6.07 Å². The van der Waals surface area contributed by atoms with Crippen LogP contribution in [0.1, 0.15) is 37.9 Å². The Morgan fingerprint density at radius 3 is 2.85 bits per heavy atom. The van der Waals surface area contributed by atoms with E-state index in [-0.39, 0.29) is 17.2 Å². The van der Waals surface area contributed by atoms with Crippen LogP contribution in [0.4, 0.5) is 0 Å². The van der Waals surface area contributed by atoms with Gasteiger partial charge < -0.3 is 0 Å². The molecule has 2 fully saturated rings. The minimum absolute atomic E-state index is 0.157. The van der Waals surface area contributed by atoms with Crippen molar-refractivity contribution in [3.8, 4) is 5.69 Å². The molecule has 4 aromatic rings. The quantitative estimate of drug-likeness (QED) is 0.408. The van der Waals surface area contributed by atoms with E-state index in [1.54, 1.807) is 12.4 Å². The summed E-state index contributed by atoms with van der Waals surface area (Å²) in [4.78, 5) is 13.8. The van der Waals surface area contributed by atoms with Crippen molar-refractivity contribution in [2.24, 2.45) is 5.92 Å². The molecule has 0 saturated heterocycles. The van der Waals surface area contributed by atoms with Gasteiger partial charge in [0, 0.05) is 30.2 Å². The van der Waals surface area contributed by atoms with Crippen molar-refractivity contribution in [3.05, 3.63) is 53.2 Å². The predicted octanol–water partition coefficient (Wildman–Crippen LogP) is 3.92. The van der Waals surface area contributed by atoms with Crippen LogP contribution in [0.15, 0.2) is 47.3 Å². The van der Waals surface area contributed by atoms with Gasteiger partial charge in [0.2, 0.25) is 10.0 Å². The van der Waals surface area contributed by atoms with E-state index in [2.05, 4.69) is 35.7 Å². The second-order valence-corrected chi connectivity index (χ2v) is 11.8. The molecule has 3 heterocycles. The predicted molar refractivity (Wildman–Crippen MR) is 130 cm³/mol. The van der Waals surface area contributed by atoms with E-state index in [0.717, 1.165) is 52.7 Å². The van der Waals surface area contributed by atoms with Crippen LogP contribution in [0.25, 0.3) is 27.6 Å². The Morgan fingerprint density at radius 1 is 1.12 bits per heavy atom. The Kier molecular flexibility index (Phi) is 5.19. The smallest absolute Gasteiger partial charge is 0.214 e. The highest BCUT2D eigenvalue weighted by atomic mass is 79.9. The topological polar surface area (TPSA) is 103 Å². The summed E-state index contributed by atoms with van der Waals surface area (Å²) in [5.74, 6) is 0.978. The number of hydrogen-bond acceptors (Lipinski definition) is 6. The molecule has 33 heavy (non-hydrogen) atoms. The highest BCUT2D eigenvalue weighted by Gasteiger charge is 2.37. The zero-order valence-corrected chi connectivity index (χ0v) is 20.3. The minimum atomic E-state index is -3.23. The molecule has 2 aliphatic rings. The van der Waals surface area contributed by atoms with Crippen LogP contribution in [0.5, 0.6) is 0 Å². The summed E-state index contributed by atoms with van der Waals surface area (Å²) in [6.07, 6.45) is 8.38. The van der Waals surface area contributed by atoms with E-state index < -0.39 is 10.0 Å². The van der Waals surface area contributed by atoms with Crippen LogP contribution < -0.4 is 4.72 Å². The second kappa shape index (κ2) is 8.11. The molecular formula is C23H23BrN6O2S. The molecule has 8 nitrogen and oxygen atoms in total. The third-order valence-corrected chi connectivity index (χ3v) is 9.13. The number of pyridine rings is 1. The number of rotatable bonds is 6. The SMILES string of the molecule is O=S(=O)(NC1CC1)[C@@H]1CC[C@@H](Cc2ncc3c(Br)nn(-c4ccc5ncccc5c4)c3n2)C1. The number of hydrogen-bond donors (Lipinski definition) is 1. The molecule has 10 heteroatoms. The standard InChI is InChI=1S/C23H23BrN6O2S/c24-22-19-13-26-21(11-14-3-7-18(10-14)33(31,32)29-16-4-5-16)27-23(19)30(28-22)17-6-8-20-15(12-17)2-1-9-25-20/h1-2,6,8-9,12-14,16,18,29H,3-5,7,10-11H2/t14-,18-/m1/s1. The molecule has 3 aromatic heterocycles. The van der Waals surface area contributed by atoms with Gasteiger partial charge in [0.15, 0.2) is 5.65 Å². The lowest BCUT2D eigenvalue weighted by Gasteiger charge is -2.13. The molecule has 1 N–H and O–H groups in total. The number of aromatic nitrogens is 5. The Labute approximate surface area is 200 Å². The van der Waals surface area contributed by atoms with Gasteiger partial charge in [0.25, 0.3) is 0 Å². The molecule has 1 aromatic carbocycles. The van der Waals surface area contributed by atoms with E-state index >= 15 is 0 Å². The van der Waals surface area contributed by atoms with Crippen molar-refractivity contribution < 1.29 is 8.42 Å². The van der Waals surface area contributed by atoms with Crippen molar-refractivity contribution in [3.63, 3.8) is 0 Å². The van der Waals surface area contributed by atoms with Crippen molar-refractivity contribution >= 4 is 47.9 Å². The minimum Gasteiger partial charge on any atom is -0.256 e. The first-order valence-corrected chi connectivity index (χ1v) is 13.6. The van der Waals surface area contributed by atoms with Gasteiger partial charge >= 0.3 is 0 Å². The van der Waals surface area contributed by atoms with Crippen LogP contribution in [-0.2, 0) is 16.4 Å². The first kappa shape index (κ1) is 21.1. The molecule has 2 aliphatic carbocycles. The first-order valence-electron chi connectivity index (χ1n) is 11.2. The van der Waals surface area contributed by atoms with Gasteiger partial charge in [-0.2, -0.15) is 5.10 Å². The lowest BCUT2D eigenvalue weighted by atomic mass is 10.0. The lowest BCUT2D eigenvalue weighted by Crippen LogP contribution is -2.34. The normalized spacial score (nSPS) is 21.2. The maximum Gasteiger partial charge on any atom is 0.214 e. The molecule has 0 spiro atoms. The Bertz CT molecular complexity index is 1470. The fourth-order valence-electron chi connectivity index (χ4n) is 4.66. The van der Waals surface area contributed by atoms with Crippen LogP contribution in [0.3, 0.4) is 0 Å². The number of halogens is 1. The molecule has 170 valence electrons. The van der Waals surface area contributed by atoms with Crippen molar-refractivity contribution in [2.45, 2.75) is 49.8 Å². The summed E-state index contributed by atoms with van der Waals surface area (Å²) in [5.41, 5.74) is 2.55. The third kappa shape index (κ3) is 4.15. The van der Waals surface area contributed by atoms with Crippen molar-refractivity contribution in [2.75, 3.05) is 0 Å². The second-order valence-electron chi connectivity index (χ2n) is 9.05. The Balaban J connectivity index is 1.27. The number of sulfonamides is 1. The third-order valence-electron chi connectivity index (χ3n) is 6.57. The maximum absolute atomic E-state index is 12.6. The first-order chi connectivity index (χ1) is 16.0. The van der Waals surface area contributed by atoms with E-state index in [9.17, 15) is 8.42 Å². The molecule has 0 radical (unpaired) electrons. The van der Waals surface area contributed by atoms with Crippen LogP contribution >= 0.6 is 15.9 Å². The van der Waals surface area contributed by atoms with Crippen LogP contribution in [0, 0.1) is 5.92 Å². The molecule has 0 amide bonds. The fourth-order valence-corrected chi connectivity index (χ4v) is 6.96. The van der Waals surface area contributed by atoms with Crippen molar-refractivity contribution in [1.82, 2.24) is 29.5 Å². The summed E-state index contributed by atoms with van der Waals surface area (Å²) in [6.45, 7) is 0. The molecule has 0 unspecified atom stereocenters. The summed E-state index contributed by atoms with van der Waals surface area (Å²) < 4.78 is 30.5. The van der Waals surface area contributed by atoms with Crippen molar-refractivity contribution in [1.29, 1.82) is 0 Å². The molecule has 0 bridgehead atoms. The Hall–Kier alpha value is -2.43. The Morgan fingerprint density at radius 2 is 2.00 bits per heavy atom. The average Bonchev–Trinajstić information content (AvgIpc) is 3.36. The largest absolute Gasteiger partial charge is 0.256 e. The van der Waals surface area contributed by atoms with Crippen LogP contribution in [-0.4, -0.2) is 44.4 Å². The van der Waals surface area contributed by atoms with Gasteiger partial charge in [-0.15, -0.1) is 0 Å². The number of benzene rings is 1. The summed E-state index contributed by atoms with van der Waals surface area (Å²) >= 11 is 3.53. The molecular weight excluding hydrogens is 504 g/mol. The van der Waals surface area contributed by atoms with E-state index in [0.29, 0.717) is 23.9 Å². The van der Waals surface area contributed by atoms with Gasteiger partial charge in [-0.25, -0.2) is 27.8 Å². The molecule has 0 aliphatic heterocycles.